The molecule has 3 aromatic rings. The van der Waals surface area contributed by atoms with Crippen LogP contribution in [-0.2, 0) is 0 Å². The van der Waals surface area contributed by atoms with Crippen molar-refractivity contribution < 1.29 is 0 Å². The molecule has 4 nitrogen and oxygen atoms in total. The highest BCUT2D eigenvalue weighted by atomic mass is 15.0. The molecule has 0 spiro atoms. The van der Waals surface area contributed by atoms with Crippen molar-refractivity contribution >= 4 is 11.2 Å². The summed E-state index contributed by atoms with van der Waals surface area (Å²) in [4.78, 5) is 16.6. The first kappa shape index (κ1) is 10.9. The summed E-state index contributed by atoms with van der Waals surface area (Å²) in [5.41, 5.74) is 5.92. The topological polar surface area (TPSA) is 54.5 Å². The number of imidazole rings is 1. The molecule has 0 aliphatic carbocycles. The van der Waals surface area contributed by atoms with Gasteiger partial charge in [-0.25, -0.2) is 9.97 Å². The van der Waals surface area contributed by atoms with Gasteiger partial charge in [-0.05, 0) is 44.5 Å². The molecule has 3 heterocycles. The number of aromatic nitrogens is 4. The largest absolute Gasteiger partial charge is 0.336 e. The molecule has 0 unspecified atom stereocenters. The highest BCUT2D eigenvalue weighted by molar-refractivity contribution is 5.79. The van der Waals surface area contributed by atoms with E-state index >= 15 is 0 Å². The maximum Gasteiger partial charge on any atom is 0.178 e. The molecule has 90 valence electrons. The second-order valence-corrected chi connectivity index (χ2v) is 4.50. The van der Waals surface area contributed by atoms with Crippen molar-refractivity contribution in [3.05, 3.63) is 41.3 Å². The lowest BCUT2D eigenvalue weighted by Crippen LogP contribution is -1.91. The standard InChI is InChI=1S/C14H14N4/c1-8-6-7-15-14-12(8)17-13(18-14)11-5-4-9(2)16-10(11)3/h4-7H,1-3H3,(H,15,17,18). The summed E-state index contributed by atoms with van der Waals surface area (Å²) in [5.74, 6) is 0.830. The summed E-state index contributed by atoms with van der Waals surface area (Å²) in [6, 6.07) is 6.02. The van der Waals surface area contributed by atoms with Crippen molar-refractivity contribution in [2.24, 2.45) is 0 Å². The number of rotatable bonds is 1. The van der Waals surface area contributed by atoms with Gasteiger partial charge in [-0.15, -0.1) is 0 Å². The predicted octanol–water partition coefficient (Wildman–Crippen LogP) is 2.95. The Morgan fingerprint density at radius 2 is 1.83 bits per heavy atom. The number of fused-ring (bicyclic) bond motifs is 1. The van der Waals surface area contributed by atoms with Gasteiger partial charge in [-0.2, -0.15) is 0 Å². The van der Waals surface area contributed by atoms with E-state index in [9.17, 15) is 0 Å². The van der Waals surface area contributed by atoms with E-state index in [0.29, 0.717) is 0 Å². The van der Waals surface area contributed by atoms with Crippen molar-refractivity contribution in [1.82, 2.24) is 19.9 Å². The number of H-pyrrole nitrogens is 1. The first-order chi connectivity index (χ1) is 8.65. The molecule has 3 aromatic heterocycles. The number of nitrogens with one attached hydrogen (secondary N) is 1. The fourth-order valence-corrected chi connectivity index (χ4v) is 2.10. The number of pyridine rings is 2. The third-order valence-electron chi connectivity index (χ3n) is 3.08. The van der Waals surface area contributed by atoms with Gasteiger partial charge in [0.2, 0.25) is 0 Å². The SMILES string of the molecule is Cc1ccc(-c2nc3nccc(C)c3[nH]2)c(C)n1. The molecule has 0 aliphatic rings. The summed E-state index contributed by atoms with van der Waals surface area (Å²) < 4.78 is 0. The van der Waals surface area contributed by atoms with Crippen LogP contribution in [0.1, 0.15) is 17.0 Å². The Kier molecular flexibility index (Phi) is 2.37. The molecule has 0 radical (unpaired) electrons. The first-order valence-corrected chi connectivity index (χ1v) is 5.91. The van der Waals surface area contributed by atoms with E-state index in [1.54, 1.807) is 6.20 Å². The maximum absolute atomic E-state index is 4.53. The molecule has 0 aromatic carbocycles. The Morgan fingerprint density at radius 1 is 1.00 bits per heavy atom. The number of aryl methyl sites for hydroxylation is 3. The van der Waals surface area contributed by atoms with E-state index in [-0.39, 0.29) is 0 Å². The second-order valence-electron chi connectivity index (χ2n) is 4.50. The minimum atomic E-state index is 0.755. The van der Waals surface area contributed by atoms with Crippen LogP contribution in [0.15, 0.2) is 24.4 Å². The molecule has 0 saturated heterocycles. The Labute approximate surface area is 105 Å². The average Bonchev–Trinajstić information content (AvgIpc) is 2.74. The fourth-order valence-electron chi connectivity index (χ4n) is 2.10. The summed E-state index contributed by atoms with van der Waals surface area (Å²) in [7, 11) is 0. The number of nitrogens with zero attached hydrogens (tertiary/aromatic N) is 3. The highest BCUT2D eigenvalue weighted by Crippen LogP contribution is 2.23. The van der Waals surface area contributed by atoms with Gasteiger partial charge in [0.25, 0.3) is 0 Å². The molecular weight excluding hydrogens is 224 g/mol. The molecule has 4 heteroatoms. The van der Waals surface area contributed by atoms with Crippen molar-refractivity contribution in [2.45, 2.75) is 20.8 Å². The summed E-state index contributed by atoms with van der Waals surface area (Å²) >= 11 is 0. The molecule has 0 saturated carbocycles. The van der Waals surface area contributed by atoms with E-state index in [0.717, 1.165) is 39.5 Å². The number of aromatic amines is 1. The van der Waals surface area contributed by atoms with Crippen molar-refractivity contribution in [2.75, 3.05) is 0 Å². The lowest BCUT2D eigenvalue weighted by Gasteiger charge is -2.02. The van der Waals surface area contributed by atoms with Gasteiger partial charge in [0.05, 0.1) is 5.52 Å². The minimum Gasteiger partial charge on any atom is -0.336 e. The summed E-state index contributed by atoms with van der Waals surface area (Å²) in [5, 5.41) is 0. The lowest BCUT2D eigenvalue weighted by molar-refractivity contribution is 1.11. The second kappa shape index (κ2) is 3.91. The van der Waals surface area contributed by atoms with Gasteiger partial charge in [-0.1, -0.05) is 0 Å². The first-order valence-electron chi connectivity index (χ1n) is 5.91. The van der Waals surface area contributed by atoms with Crippen LogP contribution in [0.3, 0.4) is 0 Å². The zero-order valence-electron chi connectivity index (χ0n) is 10.7. The predicted molar refractivity (Wildman–Crippen MR) is 71.3 cm³/mol. The van der Waals surface area contributed by atoms with Crippen LogP contribution in [0.25, 0.3) is 22.6 Å². The van der Waals surface area contributed by atoms with Crippen LogP contribution in [-0.4, -0.2) is 19.9 Å². The average molecular weight is 238 g/mol. The molecule has 0 aliphatic heterocycles. The van der Waals surface area contributed by atoms with Gasteiger partial charge in [0, 0.05) is 23.1 Å². The third-order valence-corrected chi connectivity index (χ3v) is 3.08. The molecule has 0 amide bonds. The van der Waals surface area contributed by atoms with Crippen LogP contribution >= 0.6 is 0 Å². The van der Waals surface area contributed by atoms with Crippen LogP contribution in [0.5, 0.6) is 0 Å². The van der Waals surface area contributed by atoms with Gasteiger partial charge in [-0.3, -0.25) is 4.98 Å². The molecule has 3 rings (SSSR count). The van der Waals surface area contributed by atoms with Crippen molar-refractivity contribution in [3.63, 3.8) is 0 Å². The number of hydrogen-bond acceptors (Lipinski definition) is 3. The van der Waals surface area contributed by atoms with E-state index in [1.165, 1.54) is 0 Å². The van der Waals surface area contributed by atoms with Gasteiger partial charge in [0.15, 0.2) is 5.65 Å². The lowest BCUT2D eigenvalue weighted by atomic mass is 10.2. The third kappa shape index (κ3) is 1.66. The molecular formula is C14H14N4. The van der Waals surface area contributed by atoms with Gasteiger partial charge in [0.1, 0.15) is 5.82 Å². The van der Waals surface area contributed by atoms with Gasteiger partial charge < -0.3 is 4.98 Å². The van der Waals surface area contributed by atoms with E-state index < -0.39 is 0 Å². The van der Waals surface area contributed by atoms with E-state index in [4.69, 9.17) is 0 Å². The smallest absolute Gasteiger partial charge is 0.178 e. The Hall–Kier alpha value is -2.23. The minimum absolute atomic E-state index is 0.755. The Balaban J connectivity index is 2.23. The van der Waals surface area contributed by atoms with Crippen LogP contribution in [0.2, 0.25) is 0 Å². The quantitative estimate of drug-likeness (QED) is 0.709. The van der Waals surface area contributed by atoms with E-state index in [2.05, 4.69) is 19.9 Å². The van der Waals surface area contributed by atoms with Gasteiger partial charge >= 0.3 is 0 Å². The van der Waals surface area contributed by atoms with Crippen LogP contribution in [0.4, 0.5) is 0 Å². The maximum atomic E-state index is 4.53. The van der Waals surface area contributed by atoms with Crippen LogP contribution in [0, 0.1) is 20.8 Å². The summed E-state index contributed by atoms with van der Waals surface area (Å²) in [6.07, 6.45) is 1.78. The summed E-state index contributed by atoms with van der Waals surface area (Å²) in [6.45, 7) is 6.03. The Morgan fingerprint density at radius 3 is 2.56 bits per heavy atom. The normalized spacial score (nSPS) is 11.1. The van der Waals surface area contributed by atoms with Crippen molar-refractivity contribution in [1.29, 1.82) is 0 Å². The van der Waals surface area contributed by atoms with E-state index in [1.807, 2.05) is 39.0 Å². The zero-order valence-corrected chi connectivity index (χ0v) is 10.7. The molecule has 0 atom stereocenters. The molecule has 1 N–H and O–H groups in total. The fraction of sp³-hybridized carbons (Fsp3) is 0.214. The number of hydrogen-bond donors (Lipinski definition) is 1. The van der Waals surface area contributed by atoms with Crippen molar-refractivity contribution in [3.8, 4) is 11.4 Å². The highest BCUT2D eigenvalue weighted by Gasteiger charge is 2.10. The Bertz CT molecular complexity index is 728. The molecule has 18 heavy (non-hydrogen) atoms. The molecule has 0 bridgehead atoms. The van der Waals surface area contributed by atoms with Crippen LogP contribution < -0.4 is 0 Å². The zero-order chi connectivity index (χ0) is 12.7. The molecule has 0 fully saturated rings. The monoisotopic (exact) mass is 238 g/mol.